The molecule has 1 heterocycles. The molecule has 2 rings (SSSR count). The molecule has 0 amide bonds. The average molecular weight is 301 g/mol. The van der Waals surface area contributed by atoms with Crippen molar-refractivity contribution >= 4 is 10.0 Å². The van der Waals surface area contributed by atoms with Gasteiger partial charge in [0.05, 0.1) is 6.61 Å². The third kappa shape index (κ3) is 2.92. The monoisotopic (exact) mass is 301 g/mol. The Labute approximate surface area is 120 Å². The van der Waals surface area contributed by atoms with Crippen LogP contribution in [0.25, 0.3) is 0 Å². The van der Waals surface area contributed by atoms with E-state index in [0.717, 1.165) is 25.7 Å². The fourth-order valence-corrected chi connectivity index (χ4v) is 4.81. The highest BCUT2D eigenvalue weighted by molar-refractivity contribution is 7.89. The summed E-state index contributed by atoms with van der Waals surface area (Å²) in [7, 11) is -3.65. The minimum atomic E-state index is -3.65. The summed E-state index contributed by atoms with van der Waals surface area (Å²) in [5, 5.41) is 9.38. The molecule has 114 valence electrons. The molecule has 0 radical (unpaired) electrons. The molecule has 2 atom stereocenters. The highest BCUT2D eigenvalue weighted by Gasteiger charge is 2.31. The molecule has 0 saturated heterocycles. The van der Waals surface area contributed by atoms with Gasteiger partial charge >= 0.3 is 0 Å². The standard InChI is InChI=1S/C14H23NO4S/c1-9-6-4-5-7-13(9)15-20(17,18)14-11(3)19-10(2)12(14)8-16/h9,13,15-16H,4-8H2,1-3H3. The van der Waals surface area contributed by atoms with Gasteiger partial charge in [-0.2, -0.15) is 0 Å². The van der Waals surface area contributed by atoms with Crippen LogP contribution >= 0.6 is 0 Å². The molecule has 1 fully saturated rings. The van der Waals surface area contributed by atoms with Crippen LogP contribution in [0, 0.1) is 19.8 Å². The number of rotatable bonds is 4. The average Bonchev–Trinajstić information content (AvgIpc) is 2.67. The van der Waals surface area contributed by atoms with Crippen LogP contribution in [0.1, 0.15) is 49.7 Å². The van der Waals surface area contributed by atoms with E-state index in [0.29, 0.717) is 23.0 Å². The molecule has 1 aliphatic rings. The van der Waals surface area contributed by atoms with E-state index in [2.05, 4.69) is 11.6 Å². The number of hydrogen-bond donors (Lipinski definition) is 2. The first kappa shape index (κ1) is 15.5. The Kier molecular flexibility index (Phi) is 4.56. The van der Waals surface area contributed by atoms with Crippen LogP contribution in [0.5, 0.6) is 0 Å². The minimum Gasteiger partial charge on any atom is -0.465 e. The van der Waals surface area contributed by atoms with E-state index in [1.807, 2.05) is 0 Å². The van der Waals surface area contributed by atoms with Crippen molar-refractivity contribution in [2.24, 2.45) is 5.92 Å². The fraction of sp³-hybridized carbons (Fsp3) is 0.714. The number of sulfonamides is 1. The van der Waals surface area contributed by atoms with E-state index in [9.17, 15) is 13.5 Å². The lowest BCUT2D eigenvalue weighted by atomic mass is 9.87. The molecular formula is C14H23NO4S. The summed E-state index contributed by atoms with van der Waals surface area (Å²) >= 11 is 0. The molecule has 20 heavy (non-hydrogen) atoms. The molecule has 0 aromatic carbocycles. The molecule has 5 nitrogen and oxygen atoms in total. The van der Waals surface area contributed by atoms with Crippen LogP contribution in [-0.4, -0.2) is 19.6 Å². The van der Waals surface area contributed by atoms with Gasteiger partial charge in [-0.1, -0.05) is 19.8 Å². The number of furan rings is 1. The summed E-state index contributed by atoms with van der Waals surface area (Å²) in [6, 6.07) is -0.0325. The quantitative estimate of drug-likeness (QED) is 0.894. The predicted molar refractivity (Wildman–Crippen MR) is 75.8 cm³/mol. The number of aryl methyl sites for hydroxylation is 2. The van der Waals surface area contributed by atoms with Crippen LogP contribution in [0.4, 0.5) is 0 Å². The fourth-order valence-electron chi connectivity index (χ4n) is 2.99. The third-order valence-corrected chi connectivity index (χ3v) is 5.85. The molecule has 0 aliphatic heterocycles. The summed E-state index contributed by atoms with van der Waals surface area (Å²) in [5.74, 6) is 1.13. The zero-order chi connectivity index (χ0) is 14.9. The summed E-state index contributed by atoms with van der Waals surface area (Å²) in [5.41, 5.74) is 0.360. The van der Waals surface area contributed by atoms with E-state index in [4.69, 9.17) is 4.42 Å². The first-order chi connectivity index (χ1) is 9.36. The molecule has 1 aliphatic carbocycles. The second-order valence-corrected chi connectivity index (χ2v) is 7.32. The highest BCUT2D eigenvalue weighted by atomic mass is 32.2. The molecule has 1 saturated carbocycles. The van der Waals surface area contributed by atoms with Crippen LogP contribution in [0.3, 0.4) is 0 Å². The van der Waals surface area contributed by atoms with E-state index < -0.39 is 10.0 Å². The van der Waals surface area contributed by atoms with Gasteiger partial charge in [-0.15, -0.1) is 0 Å². The number of aliphatic hydroxyl groups excluding tert-OH is 1. The van der Waals surface area contributed by atoms with Gasteiger partial charge in [-0.05, 0) is 32.6 Å². The highest BCUT2D eigenvalue weighted by Crippen LogP contribution is 2.29. The number of aliphatic hydroxyl groups is 1. The maximum absolute atomic E-state index is 12.6. The first-order valence-corrected chi connectivity index (χ1v) is 8.57. The van der Waals surface area contributed by atoms with Crippen LogP contribution in [0.15, 0.2) is 9.31 Å². The van der Waals surface area contributed by atoms with Crippen molar-refractivity contribution in [2.45, 2.75) is 64.0 Å². The van der Waals surface area contributed by atoms with Gasteiger partial charge in [0.1, 0.15) is 16.4 Å². The second kappa shape index (κ2) is 5.87. The van der Waals surface area contributed by atoms with Crippen molar-refractivity contribution in [3.05, 3.63) is 17.1 Å². The van der Waals surface area contributed by atoms with E-state index in [1.54, 1.807) is 13.8 Å². The lowest BCUT2D eigenvalue weighted by Crippen LogP contribution is -2.41. The summed E-state index contributed by atoms with van der Waals surface area (Å²) in [6.07, 6.45) is 4.12. The third-order valence-electron chi connectivity index (χ3n) is 4.17. The van der Waals surface area contributed by atoms with Gasteiger partial charge in [-0.3, -0.25) is 0 Å². The van der Waals surface area contributed by atoms with E-state index >= 15 is 0 Å². The van der Waals surface area contributed by atoms with Gasteiger partial charge in [0.15, 0.2) is 0 Å². The molecular weight excluding hydrogens is 278 g/mol. The zero-order valence-electron chi connectivity index (χ0n) is 12.3. The van der Waals surface area contributed by atoms with Crippen molar-refractivity contribution < 1.29 is 17.9 Å². The maximum atomic E-state index is 12.6. The Morgan fingerprint density at radius 2 is 1.90 bits per heavy atom. The van der Waals surface area contributed by atoms with Crippen LogP contribution < -0.4 is 4.72 Å². The van der Waals surface area contributed by atoms with Gasteiger partial charge in [0, 0.05) is 11.6 Å². The van der Waals surface area contributed by atoms with Gasteiger partial charge in [-0.25, -0.2) is 13.1 Å². The van der Waals surface area contributed by atoms with Crippen molar-refractivity contribution in [3.8, 4) is 0 Å². The Morgan fingerprint density at radius 3 is 2.50 bits per heavy atom. The van der Waals surface area contributed by atoms with Crippen LogP contribution in [0.2, 0.25) is 0 Å². The molecule has 1 aromatic heterocycles. The summed E-state index contributed by atoms with van der Waals surface area (Å²) < 4.78 is 33.3. The predicted octanol–water partition coefficient (Wildman–Crippen LogP) is 2.25. The minimum absolute atomic E-state index is 0.0325. The topological polar surface area (TPSA) is 79.5 Å². The van der Waals surface area contributed by atoms with E-state index in [1.165, 1.54) is 0 Å². The van der Waals surface area contributed by atoms with Crippen molar-refractivity contribution in [1.29, 1.82) is 0 Å². The molecule has 2 N–H and O–H groups in total. The van der Waals surface area contributed by atoms with Crippen LogP contribution in [-0.2, 0) is 16.6 Å². The normalized spacial score (nSPS) is 24.0. The van der Waals surface area contributed by atoms with Crippen molar-refractivity contribution in [3.63, 3.8) is 0 Å². The molecule has 2 unspecified atom stereocenters. The van der Waals surface area contributed by atoms with E-state index in [-0.39, 0.29) is 17.5 Å². The SMILES string of the molecule is Cc1oc(C)c(S(=O)(=O)NC2CCCCC2C)c1CO. The lowest BCUT2D eigenvalue weighted by Gasteiger charge is -2.29. The number of nitrogens with one attached hydrogen (secondary N) is 1. The smallest absolute Gasteiger partial charge is 0.244 e. The maximum Gasteiger partial charge on any atom is 0.244 e. The van der Waals surface area contributed by atoms with Crippen molar-refractivity contribution in [2.75, 3.05) is 0 Å². The van der Waals surface area contributed by atoms with Crippen molar-refractivity contribution in [1.82, 2.24) is 4.72 Å². The summed E-state index contributed by atoms with van der Waals surface area (Å²) in [6.45, 7) is 5.03. The molecule has 0 spiro atoms. The first-order valence-electron chi connectivity index (χ1n) is 7.09. The van der Waals surface area contributed by atoms with Gasteiger partial charge in [0.2, 0.25) is 10.0 Å². The Balaban J connectivity index is 2.31. The van der Waals surface area contributed by atoms with Gasteiger partial charge < -0.3 is 9.52 Å². The Hall–Kier alpha value is -0.850. The molecule has 0 bridgehead atoms. The second-order valence-electron chi connectivity index (χ2n) is 5.67. The molecule has 1 aromatic rings. The van der Waals surface area contributed by atoms with Gasteiger partial charge in [0.25, 0.3) is 0 Å². The lowest BCUT2D eigenvalue weighted by molar-refractivity contribution is 0.276. The Bertz CT molecular complexity index is 576. The Morgan fingerprint density at radius 1 is 1.25 bits per heavy atom. The molecule has 6 heteroatoms. The largest absolute Gasteiger partial charge is 0.465 e. The summed E-state index contributed by atoms with van der Waals surface area (Å²) in [4.78, 5) is 0.107. The zero-order valence-corrected chi connectivity index (χ0v) is 13.1. The number of hydrogen-bond acceptors (Lipinski definition) is 4.